The summed E-state index contributed by atoms with van der Waals surface area (Å²) in [5.74, 6) is 0.901. The Kier molecular flexibility index (Phi) is 5.99. The van der Waals surface area contributed by atoms with Crippen molar-refractivity contribution in [2.24, 2.45) is 0 Å². The van der Waals surface area contributed by atoms with Gasteiger partial charge in [0.1, 0.15) is 12.4 Å². The molecule has 2 aromatic carbocycles. The molecule has 3 aromatic rings. The van der Waals surface area contributed by atoms with Crippen LogP contribution in [0.25, 0.3) is 0 Å². The lowest BCUT2D eigenvalue weighted by atomic mass is 10.1. The highest BCUT2D eigenvalue weighted by Crippen LogP contribution is 2.18. The number of rotatable bonds is 8. The maximum Gasteiger partial charge on any atom is 0.119 e. The van der Waals surface area contributed by atoms with Crippen molar-refractivity contribution in [1.29, 1.82) is 0 Å². The normalized spacial score (nSPS) is 12.0. The number of nitrogens with one attached hydrogen (secondary N) is 1. The molecule has 3 rings (SSSR count). The van der Waals surface area contributed by atoms with E-state index in [1.54, 1.807) is 11.3 Å². The summed E-state index contributed by atoms with van der Waals surface area (Å²) >= 11 is 1.71. The smallest absolute Gasteiger partial charge is 0.119 e. The highest BCUT2D eigenvalue weighted by Gasteiger charge is 2.05. The summed E-state index contributed by atoms with van der Waals surface area (Å²) in [6.07, 6.45) is 2.83. The zero-order valence-corrected chi connectivity index (χ0v) is 14.6. The minimum Gasteiger partial charge on any atom is -0.489 e. The topological polar surface area (TPSA) is 34.2 Å². The van der Waals surface area contributed by atoms with Gasteiger partial charge in [0.15, 0.2) is 0 Å². The van der Waals surface area contributed by atoms with Gasteiger partial charge in [0.25, 0.3) is 0 Å². The predicted molar refractivity (Wildman–Crippen MR) is 99.5 cm³/mol. The van der Waals surface area contributed by atoms with Crippen LogP contribution >= 0.6 is 11.3 Å². The molecule has 3 nitrogen and oxygen atoms in total. The van der Waals surface area contributed by atoms with Crippen LogP contribution in [0.1, 0.15) is 29.1 Å². The van der Waals surface area contributed by atoms with E-state index in [0.29, 0.717) is 12.6 Å². The number of ether oxygens (including phenoxy) is 1. The first kappa shape index (κ1) is 16.7. The summed E-state index contributed by atoms with van der Waals surface area (Å²) in [5, 5.41) is 6.74. The first-order valence-corrected chi connectivity index (χ1v) is 9.07. The summed E-state index contributed by atoms with van der Waals surface area (Å²) in [5.41, 5.74) is 2.44. The average Bonchev–Trinajstić information content (AvgIpc) is 3.15. The monoisotopic (exact) mass is 338 g/mol. The van der Waals surface area contributed by atoms with Crippen molar-refractivity contribution in [1.82, 2.24) is 10.3 Å². The highest BCUT2D eigenvalue weighted by atomic mass is 32.1. The summed E-state index contributed by atoms with van der Waals surface area (Å²) in [4.78, 5) is 4.30. The Morgan fingerprint density at radius 3 is 2.58 bits per heavy atom. The van der Waals surface area contributed by atoms with Crippen LogP contribution in [0, 0.1) is 0 Å². The number of nitrogens with zero attached hydrogens (tertiary/aromatic N) is 1. The van der Waals surface area contributed by atoms with Gasteiger partial charge in [-0.3, -0.25) is 0 Å². The maximum absolute atomic E-state index is 5.83. The fraction of sp³-hybridized carbons (Fsp3) is 0.250. The molecular formula is C20H22N2OS. The minimum absolute atomic E-state index is 0.313. The van der Waals surface area contributed by atoms with E-state index >= 15 is 0 Å². The van der Waals surface area contributed by atoms with E-state index in [1.807, 2.05) is 41.9 Å². The highest BCUT2D eigenvalue weighted by molar-refractivity contribution is 7.09. The van der Waals surface area contributed by atoms with Gasteiger partial charge >= 0.3 is 0 Å². The SMILES string of the molecule is CC(NCCc1nccs1)c1ccc(OCc2ccccc2)cc1. The number of thiazole rings is 1. The number of benzene rings is 2. The van der Waals surface area contributed by atoms with Gasteiger partial charge in [-0.15, -0.1) is 11.3 Å². The Morgan fingerprint density at radius 1 is 1.08 bits per heavy atom. The van der Waals surface area contributed by atoms with Crippen molar-refractivity contribution in [2.75, 3.05) is 6.54 Å². The lowest BCUT2D eigenvalue weighted by Gasteiger charge is -2.14. The third-order valence-electron chi connectivity index (χ3n) is 3.90. The van der Waals surface area contributed by atoms with Gasteiger partial charge < -0.3 is 10.1 Å². The van der Waals surface area contributed by atoms with Crippen LogP contribution in [0.4, 0.5) is 0 Å². The molecule has 4 heteroatoms. The third kappa shape index (κ3) is 4.91. The van der Waals surface area contributed by atoms with Gasteiger partial charge in [0, 0.05) is 30.6 Å². The van der Waals surface area contributed by atoms with Gasteiger partial charge in [-0.05, 0) is 30.2 Å². The molecule has 24 heavy (non-hydrogen) atoms. The standard InChI is InChI=1S/C20H22N2OS/c1-16(21-12-11-20-22-13-14-24-20)18-7-9-19(10-8-18)23-15-17-5-3-2-4-6-17/h2-10,13-14,16,21H,11-12,15H2,1H3. The summed E-state index contributed by atoms with van der Waals surface area (Å²) in [7, 11) is 0. The Morgan fingerprint density at radius 2 is 1.88 bits per heavy atom. The van der Waals surface area contributed by atoms with Crippen LogP contribution in [0.5, 0.6) is 5.75 Å². The van der Waals surface area contributed by atoms with Gasteiger partial charge in [-0.2, -0.15) is 0 Å². The summed E-state index contributed by atoms with van der Waals surface area (Å²) in [6, 6.07) is 18.9. The lowest BCUT2D eigenvalue weighted by molar-refractivity contribution is 0.306. The van der Waals surface area contributed by atoms with E-state index in [9.17, 15) is 0 Å². The van der Waals surface area contributed by atoms with E-state index in [1.165, 1.54) is 16.1 Å². The molecule has 1 N–H and O–H groups in total. The second-order valence-electron chi connectivity index (χ2n) is 5.69. The van der Waals surface area contributed by atoms with Crippen LogP contribution in [-0.2, 0) is 13.0 Å². The summed E-state index contributed by atoms with van der Waals surface area (Å²) < 4.78 is 5.83. The van der Waals surface area contributed by atoms with E-state index in [-0.39, 0.29) is 0 Å². The Bertz CT molecular complexity index is 711. The molecule has 0 bridgehead atoms. The first-order chi connectivity index (χ1) is 11.8. The van der Waals surface area contributed by atoms with Gasteiger partial charge in [0.05, 0.1) is 5.01 Å². The number of hydrogen-bond donors (Lipinski definition) is 1. The fourth-order valence-electron chi connectivity index (χ4n) is 2.48. The molecule has 0 spiro atoms. The Balaban J connectivity index is 1.46. The van der Waals surface area contributed by atoms with Crippen molar-refractivity contribution in [3.05, 3.63) is 82.3 Å². The quantitative estimate of drug-likeness (QED) is 0.651. The van der Waals surface area contributed by atoms with Crippen LogP contribution < -0.4 is 10.1 Å². The number of aromatic nitrogens is 1. The molecule has 0 aliphatic carbocycles. The zero-order chi connectivity index (χ0) is 16.6. The molecular weight excluding hydrogens is 316 g/mol. The van der Waals surface area contributed by atoms with E-state index < -0.39 is 0 Å². The van der Waals surface area contributed by atoms with E-state index in [4.69, 9.17) is 4.74 Å². The Hall–Kier alpha value is -2.17. The molecule has 1 heterocycles. The van der Waals surface area contributed by atoms with Crippen molar-refractivity contribution < 1.29 is 4.74 Å². The van der Waals surface area contributed by atoms with Gasteiger partial charge in [-0.1, -0.05) is 42.5 Å². The molecule has 1 aromatic heterocycles. The zero-order valence-electron chi connectivity index (χ0n) is 13.8. The summed E-state index contributed by atoms with van der Waals surface area (Å²) in [6.45, 7) is 3.71. The van der Waals surface area contributed by atoms with E-state index in [0.717, 1.165) is 18.7 Å². The maximum atomic E-state index is 5.83. The Labute approximate surface area is 147 Å². The van der Waals surface area contributed by atoms with E-state index in [2.05, 4.69) is 41.5 Å². The molecule has 1 unspecified atom stereocenters. The number of hydrogen-bond acceptors (Lipinski definition) is 4. The van der Waals surface area contributed by atoms with Crippen molar-refractivity contribution in [2.45, 2.75) is 26.0 Å². The predicted octanol–water partition coefficient (Wildman–Crippen LogP) is 4.62. The van der Waals surface area contributed by atoms with Crippen LogP contribution in [0.3, 0.4) is 0 Å². The minimum atomic E-state index is 0.313. The molecule has 1 atom stereocenters. The lowest BCUT2D eigenvalue weighted by Crippen LogP contribution is -2.21. The molecule has 0 saturated carbocycles. The second-order valence-corrected chi connectivity index (χ2v) is 6.67. The van der Waals surface area contributed by atoms with Gasteiger partial charge in [-0.25, -0.2) is 4.98 Å². The first-order valence-electron chi connectivity index (χ1n) is 8.20. The molecule has 0 amide bonds. The van der Waals surface area contributed by atoms with Crippen LogP contribution in [-0.4, -0.2) is 11.5 Å². The van der Waals surface area contributed by atoms with Gasteiger partial charge in [0.2, 0.25) is 0 Å². The second kappa shape index (κ2) is 8.62. The van der Waals surface area contributed by atoms with Crippen LogP contribution in [0.2, 0.25) is 0 Å². The molecule has 0 aliphatic rings. The van der Waals surface area contributed by atoms with Crippen LogP contribution in [0.15, 0.2) is 66.2 Å². The fourth-order valence-corrected chi connectivity index (χ4v) is 3.10. The molecule has 0 saturated heterocycles. The molecule has 0 radical (unpaired) electrons. The largest absolute Gasteiger partial charge is 0.489 e. The molecule has 124 valence electrons. The third-order valence-corrected chi connectivity index (χ3v) is 4.74. The molecule has 0 fully saturated rings. The molecule has 0 aliphatic heterocycles. The van der Waals surface area contributed by atoms with Crippen molar-refractivity contribution >= 4 is 11.3 Å². The van der Waals surface area contributed by atoms with Crippen molar-refractivity contribution in [3.63, 3.8) is 0 Å². The average molecular weight is 338 g/mol. The van der Waals surface area contributed by atoms with Crippen molar-refractivity contribution in [3.8, 4) is 5.75 Å².